The third-order valence-electron chi connectivity index (χ3n) is 3.20. The van der Waals surface area contributed by atoms with Gasteiger partial charge in [0.05, 0.1) is 5.56 Å². The lowest BCUT2D eigenvalue weighted by atomic mass is 10.0. The predicted molar refractivity (Wildman–Crippen MR) is 76.4 cm³/mol. The molecular weight excluding hydrogens is 273 g/mol. The molecule has 1 saturated carbocycles. The van der Waals surface area contributed by atoms with Crippen LogP contribution in [0.5, 0.6) is 0 Å². The number of amides is 1. The van der Waals surface area contributed by atoms with Gasteiger partial charge in [-0.15, -0.1) is 24.8 Å². The van der Waals surface area contributed by atoms with Gasteiger partial charge < -0.3 is 11.1 Å². The quantitative estimate of drug-likeness (QED) is 0.892. The number of carbonyl (C=O) groups is 1. The van der Waals surface area contributed by atoms with Crippen molar-refractivity contribution in [1.82, 2.24) is 10.3 Å². The van der Waals surface area contributed by atoms with Gasteiger partial charge in [-0.3, -0.25) is 9.78 Å². The summed E-state index contributed by atoms with van der Waals surface area (Å²) in [5.74, 6) is 0.388. The van der Waals surface area contributed by atoms with Crippen LogP contribution in [0, 0.1) is 5.92 Å². The monoisotopic (exact) mass is 291 g/mol. The second-order valence-electron chi connectivity index (χ2n) is 4.25. The summed E-state index contributed by atoms with van der Waals surface area (Å²) in [7, 11) is 0. The molecule has 2 unspecified atom stereocenters. The van der Waals surface area contributed by atoms with Crippen molar-refractivity contribution in [3.8, 4) is 0 Å². The van der Waals surface area contributed by atoms with Crippen LogP contribution in [-0.4, -0.2) is 23.5 Å². The third kappa shape index (κ3) is 4.12. The molecular formula is C12H19Cl2N3O. The minimum atomic E-state index is -0.0431. The molecule has 1 aliphatic rings. The molecule has 18 heavy (non-hydrogen) atoms. The molecule has 1 aromatic heterocycles. The van der Waals surface area contributed by atoms with Crippen molar-refractivity contribution in [2.24, 2.45) is 11.7 Å². The number of hydrogen-bond donors (Lipinski definition) is 2. The molecule has 2 atom stereocenters. The average Bonchev–Trinajstić information content (AvgIpc) is 2.77. The maximum Gasteiger partial charge on any atom is 0.253 e. The fourth-order valence-corrected chi connectivity index (χ4v) is 2.26. The number of hydrogen-bond acceptors (Lipinski definition) is 3. The van der Waals surface area contributed by atoms with Crippen LogP contribution in [0.25, 0.3) is 0 Å². The summed E-state index contributed by atoms with van der Waals surface area (Å²) in [6.07, 6.45) is 6.55. The van der Waals surface area contributed by atoms with Crippen molar-refractivity contribution in [2.45, 2.75) is 25.3 Å². The largest absolute Gasteiger partial charge is 0.349 e. The van der Waals surface area contributed by atoms with Crippen molar-refractivity contribution in [1.29, 1.82) is 0 Å². The first kappa shape index (κ1) is 17.2. The van der Waals surface area contributed by atoms with Gasteiger partial charge in [-0.25, -0.2) is 0 Å². The van der Waals surface area contributed by atoms with E-state index in [-0.39, 0.29) is 36.8 Å². The van der Waals surface area contributed by atoms with E-state index < -0.39 is 0 Å². The Morgan fingerprint density at radius 3 is 2.83 bits per heavy atom. The number of nitrogens with one attached hydrogen (secondary N) is 1. The first-order valence-electron chi connectivity index (χ1n) is 5.72. The van der Waals surface area contributed by atoms with Crippen molar-refractivity contribution in [2.75, 3.05) is 6.54 Å². The third-order valence-corrected chi connectivity index (χ3v) is 3.20. The summed E-state index contributed by atoms with van der Waals surface area (Å²) < 4.78 is 0. The molecule has 1 amide bonds. The Bertz CT molecular complexity index is 362. The van der Waals surface area contributed by atoms with E-state index in [9.17, 15) is 4.79 Å². The molecule has 3 N–H and O–H groups in total. The fraction of sp³-hybridized carbons (Fsp3) is 0.500. The van der Waals surface area contributed by atoms with Gasteiger partial charge in [-0.05, 0) is 37.4 Å². The van der Waals surface area contributed by atoms with Crippen LogP contribution in [0.4, 0.5) is 0 Å². The second kappa shape index (κ2) is 8.29. The minimum absolute atomic E-state index is 0. The van der Waals surface area contributed by atoms with Gasteiger partial charge in [0.25, 0.3) is 5.91 Å². The van der Waals surface area contributed by atoms with Crippen LogP contribution < -0.4 is 11.1 Å². The Morgan fingerprint density at radius 1 is 1.44 bits per heavy atom. The van der Waals surface area contributed by atoms with Gasteiger partial charge >= 0.3 is 0 Å². The molecule has 0 aliphatic heterocycles. The summed E-state index contributed by atoms with van der Waals surface area (Å²) in [6.45, 7) is 0.651. The number of nitrogens with zero attached hydrogens (tertiary/aromatic N) is 1. The zero-order chi connectivity index (χ0) is 11.4. The predicted octanol–water partition coefficient (Wildman–Crippen LogP) is 1.78. The topological polar surface area (TPSA) is 68.0 Å². The number of pyridine rings is 1. The van der Waals surface area contributed by atoms with Crippen LogP contribution >= 0.6 is 24.8 Å². The number of rotatable bonds is 3. The van der Waals surface area contributed by atoms with E-state index in [1.807, 2.05) is 0 Å². The number of carbonyl (C=O) groups excluding carboxylic acids is 1. The highest BCUT2D eigenvalue weighted by Gasteiger charge is 2.27. The van der Waals surface area contributed by atoms with Crippen LogP contribution in [-0.2, 0) is 0 Å². The van der Waals surface area contributed by atoms with E-state index >= 15 is 0 Å². The highest BCUT2D eigenvalue weighted by atomic mass is 35.5. The molecule has 6 heteroatoms. The van der Waals surface area contributed by atoms with Gasteiger partial charge in [0, 0.05) is 18.4 Å². The summed E-state index contributed by atoms with van der Waals surface area (Å²) >= 11 is 0. The van der Waals surface area contributed by atoms with E-state index in [1.165, 1.54) is 0 Å². The van der Waals surface area contributed by atoms with E-state index in [0.29, 0.717) is 18.0 Å². The average molecular weight is 292 g/mol. The minimum Gasteiger partial charge on any atom is -0.349 e. The summed E-state index contributed by atoms with van der Waals surface area (Å²) in [5.41, 5.74) is 6.29. The second-order valence-corrected chi connectivity index (χ2v) is 4.25. The Labute approximate surface area is 120 Å². The Morgan fingerprint density at radius 2 is 2.22 bits per heavy atom. The van der Waals surface area contributed by atoms with Gasteiger partial charge in [-0.2, -0.15) is 0 Å². The van der Waals surface area contributed by atoms with Crippen LogP contribution in [0.15, 0.2) is 24.5 Å². The molecule has 0 radical (unpaired) electrons. The van der Waals surface area contributed by atoms with Gasteiger partial charge in [0.2, 0.25) is 0 Å². The van der Waals surface area contributed by atoms with Crippen molar-refractivity contribution in [3.63, 3.8) is 0 Å². The standard InChI is InChI=1S/C12H17N3O.2ClH/c13-7-9-3-1-5-11(9)15-12(16)10-4-2-6-14-8-10;;/h2,4,6,8-9,11H,1,3,5,7,13H2,(H,15,16);2*1H. The normalized spacial score (nSPS) is 21.6. The van der Waals surface area contributed by atoms with Crippen LogP contribution in [0.3, 0.4) is 0 Å². The zero-order valence-corrected chi connectivity index (χ0v) is 11.7. The Kier molecular flexibility index (Phi) is 7.91. The molecule has 0 aromatic carbocycles. The first-order chi connectivity index (χ1) is 7.81. The number of nitrogens with two attached hydrogens (primary N) is 1. The van der Waals surface area contributed by atoms with Crippen molar-refractivity contribution >= 4 is 30.7 Å². The molecule has 2 rings (SSSR count). The lowest BCUT2D eigenvalue weighted by molar-refractivity contribution is 0.0928. The molecule has 1 heterocycles. The summed E-state index contributed by atoms with van der Waals surface area (Å²) in [6, 6.07) is 3.77. The number of aromatic nitrogens is 1. The van der Waals surface area contributed by atoms with Gasteiger partial charge in [-0.1, -0.05) is 6.42 Å². The lowest BCUT2D eigenvalue weighted by Gasteiger charge is -2.19. The zero-order valence-electron chi connectivity index (χ0n) is 10.0. The van der Waals surface area contributed by atoms with E-state index in [0.717, 1.165) is 19.3 Å². The van der Waals surface area contributed by atoms with Crippen molar-refractivity contribution < 1.29 is 4.79 Å². The number of halogens is 2. The first-order valence-corrected chi connectivity index (χ1v) is 5.72. The van der Waals surface area contributed by atoms with E-state index in [2.05, 4.69) is 10.3 Å². The molecule has 1 aliphatic carbocycles. The van der Waals surface area contributed by atoms with Gasteiger partial charge in [0.15, 0.2) is 0 Å². The highest BCUT2D eigenvalue weighted by Crippen LogP contribution is 2.24. The van der Waals surface area contributed by atoms with E-state index in [1.54, 1.807) is 24.5 Å². The highest BCUT2D eigenvalue weighted by molar-refractivity contribution is 5.94. The molecule has 1 aromatic rings. The molecule has 0 spiro atoms. The summed E-state index contributed by atoms with van der Waals surface area (Å²) in [4.78, 5) is 15.8. The van der Waals surface area contributed by atoms with Crippen LogP contribution in [0.2, 0.25) is 0 Å². The SMILES string of the molecule is Cl.Cl.NCC1CCCC1NC(=O)c1cccnc1. The van der Waals surface area contributed by atoms with Gasteiger partial charge in [0.1, 0.15) is 0 Å². The molecule has 1 fully saturated rings. The maximum atomic E-state index is 11.9. The summed E-state index contributed by atoms with van der Waals surface area (Å²) in [5, 5.41) is 3.04. The molecule has 4 nitrogen and oxygen atoms in total. The van der Waals surface area contributed by atoms with E-state index in [4.69, 9.17) is 5.73 Å². The molecule has 0 bridgehead atoms. The van der Waals surface area contributed by atoms with Crippen molar-refractivity contribution in [3.05, 3.63) is 30.1 Å². The fourth-order valence-electron chi connectivity index (χ4n) is 2.26. The molecule has 0 saturated heterocycles. The lowest BCUT2D eigenvalue weighted by Crippen LogP contribution is -2.39. The smallest absolute Gasteiger partial charge is 0.253 e. The Hall–Kier alpha value is -0.840. The molecule has 102 valence electrons. The Balaban J connectivity index is 0.00000144. The maximum absolute atomic E-state index is 11.9. The van der Waals surface area contributed by atoms with Crippen LogP contribution in [0.1, 0.15) is 29.6 Å².